The zero-order chi connectivity index (χ0) is 28.3. The molecule has 202 valence electrons. The second-order valence-corrected chi connectivity index (χ2v) is 11.6. The van der Waals surface area contributed by atoms with Crippen LogP contribution < -0.4 is 0 Å². The van der Waals surface area contributed by atoms with E-state index < -0.39 is 0 Å². The number of fused-ring (bicyclic) bond motifs is 6. The van der Waals surface area contributed by atoms with Crippen molar-refractivity contribution in [3.63, 3.8) is 0 Å². The fourth-order valence-electron chi connectivity index (χ4n) is 6.32. The highest BCUT2D eigenvalue weighted by Gasteiger charge is 2.20. The zero-order valence-corrected chi connectivity index (χ0v) is 23.9. The van der Waals surface area contributed by atoms with Crippen molar-refractivity contribution in [1.29, 1.82) is 0 Å². The van der Waals surface area contributed by atoms with Crippen molar-refractivity contribution in [2.75, 3.05) is 0 Å². The van der Waals surface area contributed by atoms with E-state index in [1.165, 1.54) is 27.3 Å². The predicted octanol–water partition coefficient (Wildman–Crippen LogP) is 10.1. The molecule has 0 aliphatic carbocycles. The highest BCUT2D eigenvalue weighted by Crippen LogP contribution is 2.39. The molecule has 4 aromatic heterocycles. The van der Waals surface area contributed by atoms with Crippen molar-refractivity contribution < 1.29 is 0 Å². The Labute approximate surface area is 251 Å². The van der Waals surface area contributed by atoms with Crippen LogP contribution in [0.1, 0.15) is 0 Å². The van der Waals surface area contributed by atoms with Gasteiger partial charge in [-0.05, 0) is 59.0 Å². The average Bonchev–Trinajstić information content (AvgIpc) is 3.81. The molecule has 5 heteroatoms. The molecule has 9 aromatic rings. The maximum absolute atomic E-state index is 5.35. The molecule has 4 nitrogen and oxygen atoms in total. The first kappa shape index (κ1) is 24.1. The molecule has 0 radical (unpaired) electrons. The summed E-state index contributed by atoms with van der Waals surface area (Å²) in [5.74, 6) is 0.678. The summed E-state index contributed by atoms with van der Waals surface area (Å²) in [6, 6.07) is 47.0. The van der Waals surface area contributed by atoms with Crippen molar-refractivity contribution in [1.82, 2.24) is 19.1 Å². The molecule has 0 aliphatic rings. The van der Waals surface area contributed by atoms with Crippen LogP contribution in [-0.2, 0) is 0 Å². The minimum atomic E-state index is 0.678. The lowest BCUT2D eigenvalue weighted by atomic mass is 10.0. The van der Waals surface area contributed by atoms with Gasteiger partial charge in [0.25, 0.3) is 0 Å². The van der Waals surface area contributed by atoms with E-state index in [1.54, 1.807) is 11.3 Å². The zero-order valence-electron chi connectivity index (χ0n) is 23.1. The third kappa shape index (κ3) is 3.75. The lowest BCUT2D eigenvalue weighted by Gasteiger charge is -2.11. The fourth-order valence-corrected chi connectivity index (χ4v) is 7.16. The molecule has 4 heterocycles. The van der Waals surface area contributed by atoms with Crippen LogP contribution in [0.3, 0.4) is 0 Å². The largest absolute Gasteiger partial charge is 0.316 e. The van der Waals surface area contributed by atoms with Crippen LogP contribution in [0.2, 0.25) is 0 Å². The molecule has 0 aliphatic heterocycles. The smallest absolute Gasteiger partial charge is 0.235 e. The normalized spacial score (nSPS) is 11.7. The Balaban J connectivity index is 1.33. The highest BCUT2D eigenvalue weighted by molar-refractivity contribution is 7.17. The first-order valence-corrected chi connectivity index (χ1v) is 15.2. The molecule has 0 atom stereocenters. The fraction of sp³-hybridized carbons (Fsp3) is 0. The van der Waals surface area contributed by atoms with E-state index in [9.17, 15) is 0 Å². The standard InChI is InChI=1S/C38H24N4S/c1-3-10-25(11-4-1)26-12-9-13-27(24-26)35-37-32(21-23-43-37)39-38(40-35)42-34-17-8-7-16-29(34)30-18-19-33-31(36(30)42)20-22-41(33)28-14-5-2-6-15-28/h1-24H. The van der Waals surface area contributed by atoms with Crippen molar-refractivity contribution in [2.24, 2.45) is 0 Å². The Morgan fingerprint density at radius 3 is 2.19 bits per heavy atom. The van der Waals surface area contributed by atoms with Crippen LogP contribution in [0.15, 0.2) is 145 Å². The molecule has 0 spiro atoms. The number of nitrogens with zero attached hydrogens (tertiary/aromatic N) is 4. The molecule has 0 fully saturated rings. The summed E-state index contributed by atoms with van der Waals surface area (Å²) in [6.45, 7) is 0. The number of hydrogen-bond donors (Lipinski definition) is 0. The van der Waals surface area contributed by atoms with Gasteiger partial charge in [-0.1, -0.05) is 91.0 Å². The number of aromatic nitrogens is 4. The summed E-state index contributed by atoms with van der Waals surface area (Å²) < 4.78 is 5.60. The molecule has 0 unspecified atom stereocenters. The van der Waals surface area contributed by atoms with Gasteiger partial charge < -0.3 is 4.57 Å². The molecule has 0 bridgehead atoms. The summed E-state index contributed by atoms with van der Waals surface area (Å²) in [6.07, 6.45) is 2.16. The van der Waals surface area contributed by atoms with Gasteiger partial charge in [0.15, 0.2) is 0 Å². The molecule has 0 N–H and O–H groups in total. The Morgan fingerprint density at radius 1 is 0.535 bits per heavy atom. The second-order valence-electron chi connectivity index (χ2n) is 10.7. The van der Waals surface area contributed by atoms with Gasteiger partial charge in [-0.25, -0.2) is 9.97 Å². The molecule has 0 saturated heterocycles. The summed E-state index contributed by atoms with van der Waals surface area (Å²) in [7, 11) is 0. The van der Waals surface area contributed by atoms with Crippen LogP contribution in [0.4, 0.5) is 0 Å². The highest BCUT2D eigenvalue weighted by atomic mass is 32.1. The third-order valence-corrected chi connectivity index (χ3v) is 9.18. The molecule has 43 heavy (non-hydrogen) atoms. The molecule has 0 amide bonds. The van der Waals surface area contributed by atoms with Crippen LogP contribution in [0, 0.1) is 0 Å². The topological polar surface area (TPSA) is 35.6 Å². The van der Waals surface area contributed by atoms with Crippen molar-refractivity contribution in [3.05, 3.63) is 145 Å². The maximum Gasteiger partial charge on any atom is 0.235 e. The average molecular weight is 569 g/mol. The summed E-state index contributed by atoms with van der Waals surface area (Å²) in [4.78, 5) is 10.5. The molecular weight excluding hydrogens is 545 g/mol. The molecule has 0 saturated carbocycles. The predicted molar refractivity (Wildman–Crippen MR) is 179 cm³/mol. The van der Waals surface area contributed by atoms with Crippen molar-refractivity contribution in [3.8, 4) is 34.0 Å². The molecule has 5 aromatic carbocycles. The maximum atomic E-state index is 5.35. The minimum Gasteiger partial charge on any atom is -0.316 e. The number of benzene rings is 5. The Hall–Kier alpha value is -5.52. The van der Waals surface area contributed by atoms with E-state index in [2.05, 4.69) is 154 Å². The number of hydrogen-bond acceptors (Lipinski definition) is 3. The Kier molecular flexibility index (Phi) is 5.33. The van der Waals surface area contributed by atoms with Gasteiger partial charge >= 0.3 is 0 Å². The van der Waals surface area contributed by atoms with Crippen LogP contribution in [0.25, 0.3) is 76.9 Å². The van der Waals surface area contributed by atoms with Crippen LogP contribution in [0.5, 0.6) is 0 Å². The Bertz CT molecular complexity index is 2450. The SMILES string of the molecule is c1ccc(-c2cccc(-c3nc(-n4c5ccccc5c5ccc6c(ccn6-c6ccccc6)c54)nc4ccsc34)c2)cc1. The van der Waals surface area contributed by atoms with Gasteiger partial charge in [0.2, 0.25) is 5.95 Å². The number of para-hydroxylation sites is 2. The van der Waals surface area contributed by atoms with Gasteiger partial charge in [-0.15, -0.1) is 11.3 Å². The van der Waals surface area contributed by atoms with Gasteiger partial charge in [0, 0.05) is 33.6 Å². The molecule has 9 rings (SSSR count). The molecular formula is C38H24N4S. The lowest BCUT2D eigenvalue weighted by molar-refractivity contribution is 1.02. The van der Waals surface area contributed by atoms with E-state index in [0.717, 1.165) is 43.7 Å². The summed E-state index contributed by atoms with van der Waals surface area (Å²) >= 11 is 1.69. The monoisotopic (exact) mass is 568 g/mol. The summed E-state index contributed by atoms with van der Waals surface area (Å²) in [5, 5.41) is 5.65. The van der Waals surface area contributed by atoms with E-state index >= 15 is 0 Å². The van der Waals surface area contributed by atoms with Gasteiger partial charge in [0.1, 0.15) is 0 Å². The third-order valence-electron chi connectivity index (χ3n) is 8.27. The van der Waals surface area contributed by atoms with Crippen LogP contribution >= 0.6 is 11.3 Å². The quantitative estimate of drug-likeness (QED) is 0.212. The van der Waals surface area contributed by atoms with Gasteiger partial charge in [0.05, 0.1) is 32.5 Å². The van der Waals surface area contributed by atoms with Crippen molar-refractivity contribution in [2.45, 2.75) is 0 Å². The van der Waals surface area contributed by atoms with E-state index in [1.807, 2.05) is 0 Å². The Morgan fingerprint density at radius 2 is 1.30 bits per heavy atom. The van der Waals surface area contributed by atoms with Crippen LogP contribution in [-0.4, -0.2) is 19.1 Å². The number of thiophene rings is 1. The first-order chi connectivity index (χ1) is 21.3. The number of rotatable bonds is 4. The van der Waals surface area contributed by atoms with Gasteiger partial charge in [-0.2, -0.15) is 0 Å². The minimum absolute atomic E-state index is 0.678. The van der Waals surface area contributed by atoms with Gasteiger partial charge in [-0.3, -0.25) is 4.57 Å². The first-order valence-electron chi connectivity index (χ1n) is 14.3. The van der Waals surface area contributed by atoms with E-state index in [0.29, 0.717) is 5.95 Å². The van der Waals surface area contributed by atoms with E-state index in [-0.39, 0.29) is 0 Å². The lowest BCUT2D eigenvalue weighted by Crippen LogP contribution is -2.03. The summed E-state index contributed by atoms with van der Waals surface area (Å²) in [5.41, 5.74) is 9.84. The second kappa shape index (κ2) is 9.51. The van der Waals surface area contributed by atoms with E-state index in [4.69, 9.17) is 9.97 Å². The van der Waals surface area contributed by atoms with Crippen molar-refractivity contribution >= 4 is 54.3 Å².